The Kier molecular flexibility index (Phi) is 6.28. The highest BCUT2D eigenvalue weighted by atomic mass is 19.1. The van der Waals surface area contributed by atoms with Gasteiger partial charge in [-0.2, -0.15) is 5.10 Å². The SMILES string of the molecule is CCCCC(=O)Nc1cncc(-c2cnc3n[nH]c(-c4nc5nccc(-c6cc(C)cc(F)c6)c5[nH]4)c3c2)c1. The standard InChI is InChI=1S/C29H25FN8O/c1-3-4-5-24(39)34-21-11-18(13-31-15-21)19-12-23-26(37-38-27(23)33-14-19)29-35-25-22(6-7-32-28(25)36-29)17-8-16(2)9-20(30)10-17/h6-15H,3-5H2,1-2H3,(H,34,39)(H,32,35,36)(H,33,37,38). The molecule has 39 heavy (non-hydrogen) atoms. The first-order valence-electron chi connectivity index (χ1n) is 12.7. The largest absolute Gasteiger partial charge is 0.335 e. The van der Waals surface area contributed by atoms with Gasteiger partial charge in [0.25, 0.3) is 0 Å². The first-order valence-corrected chi connectivity index (χ1v) is 12.7. The first kappa shape index (κ1) is 24.4. The van der Waals surface area contributed by atoms with Gasteiger partial charge in [0.1, 0.15) is 11.5 Å². The summed E-state index contributed by atoms with van der Waals surface area (Å²) in [6.45, 7) is 3.91. The number of fused-ring (bicyclic) bond motifs is 2. The lowest BCUT2D eigenvalue weighted by molar-refractivity contribution is -0.116. The van der Waals surface area contributed by atoms with Crippen molar-refractivity contribution in [2.24, 2.45) is 0 Å². The van der Waals surface area contributed by atoms with Crippen LogP contribution in [0.4, 0.5) is 10.1 Å². The number of aromatic nitrogens is 7. The van der Waals surface area contributed by atoms with E-state index in [9.17, 15) is 9.18 Å². The molecule has 5 heterocycles. The number of H-pyrrole nitrogens is 2. The van der Waals surface area contributed by atoms with E-state index in [1.165, 1.54) is 12.1 Å². The maximum atomic E-state index is 14.1. The van der Waals surface area contributed by atoms with Crippen molar-refractivity contribution in [1.29, 1.82) is 0 Å². The molecule has 9 nitrogen and oxygen atoms in total. The van der Waals surface area contributed by atoms with Gasteiger partial charge in [-0.05, 0) is 54.8 Å². The van der Waals surface area contributed by atoms with Crippen LogP contribution in [0.5, 0.6) is 0 Å². The average Bonchev–Trinajstić information content (AvgIpc) is 3.55. The third-order valence-electron chi connectivity index (χ3n) is 6.50. The lowest BCUT2D eigenvalue weighted by Gasteiger charge is -2.07. The molecule has 0 aliphatic rings. The highest BCUT2D eigenvalue weighted by Crippen LogP contribution is 2.32. The zero-order valence-electron chi connectivity index (χ0n) is 21.4. The molecule has 6 rings (SSSR count). The molecular formula is C29H25FN8O. The van der Waals surface area contributed by atoms with Gasteiger partial charge in [-0.15, -0.1) is 0 Å². The summed E-state index contributed by atoms with van der Waals surface area (Å²) in [4.78, 5) is 33.5. The lowest BCUT2D eigenvalue weighted by Crippen LogP contribution is -2.11. The average molecular weight is 521 g/mol. The summed E-state index contributed by atoms with van der Waals surface area (Å²) in [7, 11) is 0. The highest BCUT2D eigenvalue weighted by molar-refractivity contribution is 5.96. The minimum absolute atomic E-state index is 0.0345. The number of aryl methyl sites for hydroxylation is 1. The summed E-state index contributed by atoms with van der Waals surface area (Å²) in [5, 5.41) is 11.1. The van der Waals surface area contributed by atoms with E-state index < -0.39 is 0 Å². The quantitative estimate of drug-likeness (QED) is 0.230. The van der Waals surface area contributed by atoms with Crippen molar-refractivity contribution in [3.8, 4) is 33.8 Å². The third-order valence-corrected chi connectivity index (χ3v) is 6.50. The predicted octanol–water partition coefficient (Wildman–Crippen LogP) is 6.20. The van der Waals surface area contributed by atoms with Crippen LogP contribution in [0.15, 0.2) is 61.2 Å². The van der Waals surface area contributed by atoms with Gasteiger partial charge in [-0.3, -0.25) is 14.9 Å². The Morgan fingerprint density at radius 2 is 1.87 bits per heavy atom. The summed E-state index contributed by atoms with van der Waals surface area (Å²) >= 11 is 0. The van der Waals surface area contributed by atoms with E-state index in [-0.39, 0.29) is 11.7 Å². The van der Waals surface area contributed by atoms with Crippen LogP contribution in [0.25, 0.3) is 56.0 Å². The molecule has 6 aromatic rings. The number of rotatable bonds is 7. The van der Waals surface area contributed by atoms with Gasteiger partial charge in [0.15, 0.2) is 17.1 Å². The van der Waals surface area contributed by atoms with Crippen LogP contribution < -0.4 is 5.32 Å². The highest BCUT2D eigenvalue weighted by Gasteiger charge is 2.17. The van der Waals surface area contributed by atoms with Gasteiger partial charge in [0, 0.05) is 41.7 Å². The molecule has 1 amide bonds. The number of nitrogens with zero attached hydrogens (tertiary/aromatic N) is 5. The molecule has 194 valence electrons. The Morgan fingerprint density at radius 3 is 2.72 bits per heavy atom. The summed E-state index contributed by atoms with van der Waals surface area (Å²) in [5.74, 6) is 0.203. The van der Waals surface area contributed by atoms with Crippen molar-refractivity contribution in [1.82, 2.24) is 35.1 Å². The number of nitrogens with one attached hydrogen (secondary N) is 3. The smallest absolute Gasteiger partial charge is 0.224 e. The van der Waals surface area contributed by atoms with Crippen molar-refractivity contribution in [3.63, 3.8) is 0 Å². The molecule has 5 aromatic heterocycles. The topological polar surface area (TPSA) is 125 Å². The number of amides is 1. The van der Waals surface area contributed by atoms with E-state index in [1.807, 2.05) is 31.2 Å². The molecule has 0 fully saturated rings. The van der Waals surface area contributed by atoms with Crippen LogP contribution >= 0.6 is 0 Å². The third kappa shape index (κ3) is 4.84. The molecule has 0 aliphatic heterocycles. The maximum Gasteiger partial charge on any atom is 0.224 e. The van der Waals surface area contributed by atoms with E-state index in [4.69, 9.17) is 4.98 Å². The number of aromatic amines is 2. The van der Waals surface area contributed by atoms with E-state index >= 15 is 0 Å². The monoisotopic (exact) mass is 520 g/mol. The molecule has 1 aromatic carbocycles. The van der Waals surface area contributed by atoms with E-state index in [0.717, 1.165) is 46.0 Å². The number of unbranched alkanes of at least 4 members (excludes halogenated alkanes) is 1. The molecule has 0 spiro atoms. The number of imidazole rings is 1. The first-order chi connectivity index (χ1) is 19.0. The molecule has 0 aliphatic carbocycles. The summed E-state index contributed by atoms with van der Waals surface area (Å²) < 4.78 is 14.1. The van der Waals surface area contributed by atoms with Gasteiger partial charge in [-0.25, -0.2) is 19.3 Å². The van der Waals surface area contributed by atoms with Crippen LogP contribution in [-0.4, -0.2) is 41.0 Å². The molecular weight excluding hydrogens is 495 g/mol. The van der Waals surface area contributed by atoms with Gasteiger partial charge in [-0.1, -0.05) is 19.4 Å². The number of halogens is 1. The zero-order chi connectivity index (χ0) is 26.9. The summed E-state index contributed by atoms with van der Waals surface area (Å²) in [6.07, 6.45) is 9.00. The summed E-state index contributed by atoms with van der Waals surface area (Å²) in [6, 6.07) is 10.6. The molecule has 0 atom stereocenters. The number of carbonyl (C=O) groups is 1. The number of hydrogen-bond donors (Lipinski definition) is 3. The molecule has 0 saturated heterocycles. The minimum atomic E-state index is -0.299. The van der Waals surface area contributed by atoms with Crippen LogP contribution in [0.3, 0.4) is 0 Å². The van der Waals surface area contributed by atoms with Gasteiger partial charge in [0.2, 0.25) is 5.91 Å². The van der Waals surface area contributed by atoms with Gasteiger partial charge in [0.05, 0.1) is 22.8 Å². The fourth-order valence-electron chi connectivity index (χ4n) is 4.63. The summed E-state index contributed by atoms with van der Waals surface area (Å²) in [5.41, 5.74) is 6.99. The maximum absolute atomic E-state index is 14.1. The van der Waals surface area contributed by atoms with Crippen molar-refractivity contribution in [3.05, 3.63) is 72.6 Å². The van der Waals surface area contributed by atoms with Crippen LogP contribution in [0.1, 0.15) is 31.7 Å². The van der Waals surface area contributed by atoms with Crippen LogP contribution in [0.2, 0.25) is 0 Å². The van der Waals surface area contributed by atoms with Crippen molar-refractivity contribution in [2.75, 3.05) is 5.32 Å². The Bertz CT molecular complexity index is 1820. The molecule has 3 N–H and O–H groups in total. The number of anilines is 1. The number of hydrogen-bond acceptors (Lipinski definition) is 6. The molecule has 10 heteroatoms. The fraction of sp³-hybridized carbons (Fsp3) is 0.172. The van der Waals surface area contributed by atoms with Gasteiger partial charge >= 0.3 is 0 Å². The van der Waals surface area contributed by atoms with Crippen molar-refractivity contribution >= 4 is 33.8 Å². The van der Waals surface area contributed by atoms with E-state index in [0.29, 0.717) is 40.4 Å². The second kappa shape index (κ2) is 10.1. The van der Waals surface area contributed by atoms with E-state index in [2.05, 4.69) is 42.4 Å². The Labute approximate surface area is 223 Å². The Balaban J connectivity index is 1.38. The minimum Gasteiger partial charge on any atom is -0.335 e. The lowest BCUT2D eigenvalue weighted by atomic mass is 10.0. The second-order valence-electron chi connectivity index (χ2n) is 9.47. The van der Waals surface area contributed by atoms with Gasteiger partial charge < -0.3 is 10.3 Å². The van der Waals surface area contributed by atoms with E-state index in [1.54, 1.807) is 24.8 Å². The Morgan fingerprint density at radius 1 is 1.00 bits per heavy atom. The molecule has 0 unspecified atom stereocenters. The Hall–Kier alpha value is -4.99. The van der Waals surface area contributed by atoms with Crippen LogP contribution in [-0.2, 0) is 4.79 Å². The second-order valence-corrected chi connectivity index (χ2v) is 9.47. The number of benzene rings is 1. The predicted molar refractivity (Wildman–Crippen MR) is 148 cm³/mol. The molecule has 0 radical (unpaired) electrons. The number of carbonyl (C=O) groups excluding carboxylic acids is 1. The molecule has 0 bridgehead atoms. The normalized spacial score (nSPS) is 11.4. The van der Waals surface area contributed by atoms with Crippen LogP contribution in [0, 0.1) is 12.7 Å². The molecule has 0 saturated carbocycles. The number of pyridine rings is 3. The zero-order valence-corrected chi connectivity index (χ0v) is 21.4. The fourth-order valence-corrected chi connectivity index (χ4v) is 4.63. The van der Waals surface area contributed by atoms with Crippen molar-refractivity contribution in [2.45, 2.75) is 33.1 Å². The van der Waals surface area contributed by atoms with Crippen molar-refractivity contribution < 1.29 is 9.18 Å².